The molecule has 2 aliphatic heterocycles. The first-order valence-electron chi connectivity index (χ1n) is 7.08. The fraction of sp³-hybridized carbons (Fsp3) is 0.929. The molecule has 0 saturated carbocycles. The lowest BCUT2D eigenvalue weighted by Crippen LogP contribution is -2.50. The molecule has 5 heteroatoms. The number of rotatable bonds is 6. The van der Waals surface area contributed by atoms with Crippen LogP contribution >= 0.6 is 0 Å². The Morgan fingerprint density at radius 1 is 1.53 bits per heavy atom. The minimum atomic E-state index is 0.159. The third kappa shape index (κ3) is 3.68. The highest BCUT2D eigenvalue weighted by Gasteiger charge is 2.37. The number of carbonyl (C=O) groups excluding carboxylic acids is 1. The number of methoxy groups -OCH3 is 1. The van der Waals surface area contributed by atoms with E-state index in [1.165, 1.54) is 0 Å². The van der Waals surface area contributed by atoms with E-state index >= 15 is 0 Å². The molecule has 5 nitrogen and oxygen atoms in total. The lowest BCUT2D eigenvalue weighted by atomic mass is 9.88. The van der Waals surface area contributed by atoms with Crippen LogP contribution in [0, 0.1) is 11.3 Å². The smallest absolute Gasteiger partial charge is 0.226 e. The normalized spacial score (nSPS) is 26.2. The van der Waals surface area contributed by atoms with Crippen LogP contribution in [-0.2, 0) is 14.3 Å². The monoisotopic (exact) mass is 270 g/mol. The fourth-order valence-electron chi connectivity index (χ4n) is 2.96. The van der Waals surface area contributed by atoms with Gasteiger partial charge in [0.1, 0.15) is 0 Å². The van der Waals surface area contributed by atoms with Gasteiger partial charge in [-0.05, 0) is 13.0 Å². The highest BCUT2D eigenvalue weighted by molar-refractivity contribution is 5.79. The van der Waals surface area contributed by atoms with Crippen LogP contribution in [0.2, 0.25) is 0 Å². The quantitative estimate of drug-likeness (QED) is 0.703. The number of nitrogens with zero attached hydrogens (tertiary/aromatic N) is 2. The molecule has 0 aromatic heterocycles. The maximum absolute atomic E-state index is 12.4. The van der Waals surface area contributed by atoms with Gasteiger partial charge in [0, 0.05) is 39.2 Å². The van der Waals surface area contributed by atoms with Crippen molar-refractivity contribution in [3.63, 3.8) is 0 Å². The topological polar surface area (TPSA) is 42.0 Å². The second kappa shape index (κ2) is 6.20. The average molecular weight is 270 g/mol. The van der Waals surface area contributed by atoms with E-state index in [9.17, 15) is 4.79 Å². The summed E-state index contributed by atoms with van der Waals surface area (Å²) >= 11 is 0. The Bertz CT molecular complexity index is 318. The Labute approximate surface area is 115 Å². The molecule has 2 fully saturated rings. The van der Waals surface area contributed by atoms with Crippen LogP contribution in [0.5, 0.6) is 0 Å². The number of amides is 1. The van der Waals surface area contributed by atoms with Crippen molar-refractivity contribution in [3.8, 4) is 0 Å². The van der Waals surface area contributed by atoms with Crippen LogP contribution in [0.4, 0.5) is 0 Å². The maximum atomic E-state index is 12.4. The van der Waals surface area contributed by atoms with Gasteiger partial charge in [0.2, 0.25) is 5.91 Å². The summed E-state index contributed by atoms with van der Waals surface area (Å²) in [6.07, 6.45) is 0.972. The van der Waals surface area contributed by atoms with Crippen molar-refractivity contribution in [1.29, 1.82) is 0 Å². The highest BCUT2D eigenvalue weighted by atomic mass is 16.5. The van der Waals surface area contributed by atoms with Gasteiger partial charge in [0.15, 0.2) is 0 Å². The summed E-state index contributed by atoms with van der Waals surface area (Å²) in [6.45, 7) is 8.08. The molecule has 1 amide bonds. The summed E-state index contributed by atoms with van der Waals surface area (Å²) in [7, 11) is 3.64. The first-order chi connectivity index (χ1) is 9.04. The molecule has 2 saturated heterocycles. The van der Waals surface area contributed by atoms with Gasteiger partial charge in [0.05, 0.1) is 25.7 Å². The number of hydrogen-bond donors (Lipinski definition) is 0. The third-order valence-electron chi connectivity index (χ3n) is 4.13. The number of carbonyl (C=O) groups is 1. The van der Waals surface area contributed by atoms with E-state index in [1.54, 1.807) is 7.11 Å². The molecule has 110 valence electrons. The summed E-state index contributed by atoms with van der Waals surface area (Å²) in [6, 6.07) is 0. The second-order valence-corrected chi connectivity index (χ2v) is 6.28. The molecule has 2 aliphatic rings. The van der Waals surface area contributed by atoms with E-state index in [0.717, 1.165) is 52.4 Å². The van der Waals surface area contributed by atoms with E-state index < -0.39 is 0 Å². The predicted molar refractivity (Wildman–Crippen MR) is 73.0 cm³/mol. The maximum Gasteiger partial charge on any atom is 0.226 e. The van der Waals surface area contributed by atoms with E-state index in [0.29, 0.717) is 0 Å². The Hall–Kier alpha value is -0.650. The molecule has 0 spiro atoms. The van der Waals surface area contributed by atoms with Gasteiger partial charge >= 0.3 is 0 Å². The molecule has 1 atom stereocenters. The zero-order valence-corrected chi connectivity index (χ0v) is 12.4. The molecule has 2 rings (SSSR count). The van der Waals surface area contributed by atoms with Crippen LogP contribution in [-0.4, -0.2) is 75.9 Å². The van der Waals surface area contributed by atoms with Gasteiger partial charge in [-0.25, -0.2) is 0 Å². The minimum absolute atomic E-state index is 0.159. The highest BCUT2D eigenvalue weighted by Crippen LogP contribution is 2.28. The van der Waals surface area contributed by atoms with Crippen LogP contribution in [0.3, 0.4) is 0 Å². The van der Waals surface area contributed by atoms with Crippen molar-refractivity contribution in [2.45, 2.75) is 13.3 Å². The second-order valence-electron chi connectivity index (χ2n) is 6.28. The van der Waals surface area contributed by atoms with Crippen LogP contribution < -0.4 is 0 Å². The predicted octanol–water partition coefficient (Wildman–Crippen LogP) is 0.450. The molecular weight excluding hydrogens is 244 g/mol. The summed E-state index contributed by atoms with van der Waals surface area (Å²) in [5.74, 6) is 0.444. The number of hydrogen-bond acceptors (Lipinski definition) is 4. The summed E-state index contributed by atoms with van der Waals surface area (Å²) < 4.78 is 10.3. The summed E-state index contributed by atoms with van der Waals surface area (Å²) in [5.41, 5.74) is 0.165. The van der Waals surface area contributed by atoms with E-state index in [1.807, 2.05) is 11.9 Å². The van der Waals surface area contributed by atoms with Crippen molar-refractivity contribution in [2.24, 2.45) is 11.3 Å². The fourth-order valence-corrected chi connectivity index (χ4v) is 2.96. The molecule has 2 heterocycles. The number of ether oxygens (including phenoxy) is 2. The third-order valence-corrected chi connectivity index (χ3v) is 4.13. The van der Waals surface area contributed by atoms with Gasteiger partial charge in [-0.3, -0.25) is 4.79 Å². The van der Waals surface area contributed by atoms with Gasteiger partial charge in [0.25, 0.3) is 0 Å². The molecule has 0 aromatic rings. The van der Waals surface area contributed by atoms with Gasteiger partial charge in [-0.15, -0.1) is 0 Å². The molecule has 0 aliphatic carbocycles. The van der Waals surface area contributed by atoms with Crippen molar-refractivity contribution < 1.29 is 14.3 Å². The van der Waals surface area contributed by atoms with Crippen molar-refractivity contribution >= 4 is 5.91 Å². The molecule has 19 heavy (non-hydrogen) atoms. The van der Waals surface area contributed by atoms with Gasteiger partial charge in [-0.2, -0.15) is 0 Å². The van der Waals surface area contributed by atoms with Crippen LogP contribution in [0.25, 0.3) is 0 Å². The molecular formula is C14H26N2O3. The van der Waals surface area contributed by atoms with Crippen molar-refractivity contribution in [1.82, 2.24) is 9.80 Å². The summed E-state index contributed by atoms with van der Waals surface area (Å²) in [4.78, 5) is 16.6. The van der Waals surface area contributed by atoms with Gasteiger partial charge in [-0.1, -0.05) is 6.92 Å². The summed E-state index contributed by atoms with van der Waals surface area (Å²) in [5, 5.41) is 0. The van der Waals surface area contributed by atoms with E-state index in [2.05, 4.69) is 11.8 Å². The minimum Gasteiger partial charge on any atom is -0.383 e. The zero-order chi connectivity index (χ0) is 13.9. The van der Waals surface area contributed by atoms with E-state index in [-0.39, 0.29) is 17.2 Å². The lowest BCUT2D eigenvalue weighted by Gasteiger charge is -2.41. The Morgan fingerprint density at radius 2 is 2.26 bits per heavy atom. The Balaban J connectivity index is 1.76. The molecule has 0 radical (unpaired) electrons. The molecule has 1 unspecified atom stereocenters. The Morgan fingerprint density at radius 3 is 2.84 bits per heavy atom. The van der Waals surface area contributed by atoms with Crippen LogP contribution in [0.15, 0.2) is 0 Å². The standard InChI is InChI=1S/C14H26N2O3/c1-14(10-19-11-14)9-15(2)13(17)12-4-5-16(8-12)6-7-18-3/h12H,4-11H2,1-3H3. The zero-order valence-electron chi connectivity index (χ0n) is 12.4. The van der Waals surface area contributed by atoms with Crippen molar-refractivity contribution in [3.05, 3.63) is 0 Å². The van der Waals surface area contributed by atoms with Crippen molar-refractivity contribution in [2.75, 3.05) is 60.2 Å². The SMILES string of the molecule is COCCN1CCC(C(=O)N(C)CC2(C)COC2)C1. The lowest BCUT2D eigenvalue weighted by molar-refractivity contribution is -0.145. The molecule has 0 aromatic carbocycles. The van der Waals surface area contributed by atoms with Crippen LogP contribution in [0.1, 0.15) is 13.3 Å². The average Bonchev–Trinajstić information content (AvgIpc) is 2.82. The first-order valence-corrected chi connectivity index (χ1v) is 7.08. The Kier molecular flexibility index (Phi) is 4.81. The molecule has 0 bridgehead atoms. The first kappa shape index (κ1) is 14.8. The number of likely N-dealkylation sites (tertiary alicyclic amines) is 1. The molecule has 0 N–H and O–H groups in total. The van der Waals surface area contributed by atoms with Gasteiger partial charge < -0.3 is 19.3 Å². The van der Waals surface area contributed by atoms with E-state index in [4.69, 9.17) is 9.47 Å². The largest absolute Gasteiger partial charge is 0.383 e.